The van der Waals surface area contributed by atoms with E-state index in [-0.39, 0.29) is 5.91 Å². The van der Waals surface area contributed by atoms with Crippen molar-refractivity contribution in [1.29, 1.82) is 0 Å². The lowest BCUT2D eigenvalue weighted by Crippen LogP contribution is -2.13. The number of carbonyl (C=O) groups is 1. The average Bonchev–Trinajstić information content (AvgIpc) is 2.62. The maximum Gasteiger partial charge on any atom is 0.257 e. The van der Waals surface area contributed by atoms with Gasteiger partial charge in [0.25, 0.3) is 5.91 Å². The van der Waals surface area contributed by atoms with E-state index < -0.39 is 0 Å². The number of nitrogens with one attached hydrogen (secondary N) is 2. The Morgan fingerprint density at radius 3 is 2.68 bits per heavy atom. The first-order chi connectivity index (χ1) is 12.2. The molecular formula is C20H18BrN3O. The van der Waals surface area contributed by atoms with Gasteiger partial charge < -0.3 is 10.6 Å². The predicted octanol–water partition coefficient (Wildman–Crippen LogP) is 5.40. The van der Waals surface area contributed by atoms with Crippen molar-refractivity contribution in [2.24, 2.45) is 0 Å². The summed E-state index contributed by atoms with van der Waals surface area (Å²) in [6.07, 6.45) is 4.12. The summed E-state index contributed by atoms with van der Waals surface area (Å²) in [5.74, 6) is -0.175. The van der Waals surface area contributed by atoms with E-state index in [1.807, 2.05) is 48.5 Å². The Bertz CT molecular complexity index is 895. The number of amides is 1. The second kappa shape index (κ2) is 7.94. The molecule has 1 amide bonds. The van der Waals surface area contributed by atoms with E-state index in [2.05, 4.69) is 38.5 Å². The minimum absolute atomic E-state index is 0.175. The number of rotatable bonds is 5. The van der Waals surface area contributed by atoms with Gasteiger partial charge in [-0.1, -0.05) is 47.1 Å². The lowest BCUT2D eigenvalue weighted by molar-refractivity contribution is 0.102. The molecule has 0 spiro atoms. The fourth-order valence-corrected chi connectivity index (χ4v) is 2.91. The van der Waals surface area contributed by atoms with E-state index in [1.165, 1.54) is 0 Å². The number of hydrogen-bond acceptors (Lipinski definition) is 3. The number of nitrogens with zero attached hydrogens (tertiary/aromatic N) is 1. The molecule has 1 heterocycles. The fourth-order valence-electron chi connectivity index (χ4n) is 2.51. The Kier molecular flexibility index (Phi) is 5.46. The minimum atomic E-state index is -0.175. The molecule has 0 fully saturated rings. The molecule has 25 heavy (non-hydrogen) atoms. The van der Waals surface area contributed by atoms with Gasteiger partial charge in [0.15, 0.2) is 0 Å². The zero-order chi connectivity index (χ0) is 17.6. The summed E-state index contributed by atoms with van der Waals surface area (Å²) in [5, 5.41) is 6.22. The molecule has 1 aromatic heterocycles. The van der Waals surface area contributed by atoms with Gasteiger partial charge in [0.2, 0.25) is 0 Å². The van der Waals surface area contributed by atoms with Crippen molar-refractivity contribution in [2.75, 3.05) is 10.6 Å². The van der Waals surface area contributed by atoms with Gasteiger partial charge >= 0.3 is 0 Å². The van der Waals surface area contributed by atoms with Crippen molar-refractivity contribution in [3.8, 4) is 0 Å². The van der Waals surface area contributed by atoms with Crippen LogP contribution in [-0.4, -0.2) is 10.9 Å². The van der Waals surface area contributed by atoms with Gasteiger partial charge in [-0.05, 0) is 42.3 Å². The Hall–Kier alpha value is -2.66. The van der Waals surface area contributed by atoms with Gasteiger partial charge in [0.05, 0.1) is 17.4 Å². The van der Waals surface area contributed by atoms with E-state index in [0.29, 0.717) is 5.56 Å². The smallest absolute Gasteiger partial charge is 0.257 e. The zero-order valence-electron chi connectivity index (χ0n) is 13.8. The molecule has 3 aromatic rings. The number of pyridine rings is 1. The molecule has 0 atom stereocenters. The molecule has 3 rings (SSSR count). The quantitative estimate of drug-likeness (QED) is 0.607. The zero-order valence-corrected chi connectivity index (χ0v) is 15.4. The average molecular weight is 396 g/mol. The highest BCUT2D eigenvalue weighted by atomic mass is 79.9. The lowest BCUT2D eigenvalue weighted by atomic mass is 10.1. The third-order valence-corrected chi connectivity index (χ3v) is 4.25. The third kappa shape index (κ3) is 4.45. The molecule has 126 valence electrons. The molecule has 0 aliphatic rings. The number of halogens is 1. The third-order valence-electron chi connectivity index (χ3n) is 3.76. The van der Waals surface area contributed by atoms with Gasteiger partial charge in [0.1, 0.15) is 0 Å². The predicted molar refractivity (Wildman–Crippen MR) is 105 cm³/mol. The van der Waals surface area contributed by atoms with Crippen LogP contribution in [0.1, 0.15) is 22.8 Å². The molecule has 0 saturated heterocycles. The highest BCUT2D eigenvalue weighted by Gasteiger charge is 2.09. The summed E-state index contributed by atoms with van der Waals surface area (Å²) in [4.78, 5) is 16.7. The van der Waals surface area contributed by atoms with Gasteiger partial charge in [0, 0.05) is 22.0 Å². The molecule has 4 nitrogen and oxygen atoms in total. The SMILES string of the molecule is CCc1ccccc1NC(=O)c1cncc(Nc2cccc(Br)c2)c1. The van der Waals surface area contributed by atoms with E-state index in [9.17, 15) is 4.79 Å². The molecular weight excluding hydrogens is 378 g/mol. The van der Waals surface area contributed by atoms with Crippen molar-refractivity contribution in [2.45, 2.75) is 13.3 Å². The standard InChI is InChI=1S/C20H18BrN3O/c1-2-14-6-3-4-9-19(14)24-20(25)15-10-18(13-22-12-15)23-17-8-5-7-16(21)11-17/h3-13,23H,2H2,1H3,(H,24,25). The second-order valence-corrected chi connectivity index (χ2v) is 6.48. The number of benzene rings is 2. The fraction of sp³-hybridized carbons (Fsp3) is 0.100. The summed E-state index contributed by atoms with van der Waals surface area (Å²) in [5.41, 5.74) is 4.12. The van der Waals surface area contributed by atoms with Crippen LogP contribution < -0.4 is 10.6 Å². The summed E-state index contributed by atoms with van der Waals surface area (Å²) in [6, 6.07) is 17.4. The highest BCUT2D eigenvalue weighted by molar-refractivity contribution is 9.10. The Balaban J connectivity index is 1.77. The van der Waals surface area contributed by atoms with E-state index >= 15 is 0 Å². The van der Waals surface area contributed by atoms with Crippen LogP contribution in [0.25, 0.3) is 0 Å². The monoisotopic (exact) mass is 395 g/mol. The molecule has 0 bridgehead atoms. The van der Waals surface area contributed by atoms with Gasteiger partial charge in [-0.25, -0.2) is 0 Å². The Morgan fingerprint density at radius 1 is 1.04 bits per heavy atom. The number of anilines is 3. The number of aromatic nitrogens is 1. The molecule has 0 radical (unpaired) electrons. The maximum absolute atomic E-state index is 12.6. The van der Waals surface area contributed by atoms with Gasteiger partial charge in [-0.3, -0.25) is 9.78 Å². The van der Waals surface area contributed by atoms with Crippen molar-refractivity contribution in [1.82, 2.24) is 4.98 Å². The molecule has 2 N–H and O–H groups in total. The van der Waals surface area contributed by atoms with Crippen LogP contribution in [-0.2, 0) is 6.42 Å². The molecule has 0 saturated carbocycles. The second-order valence-electron chi connectivity index (χ2n) is 5.56. The first kappa shape index (κ1) is 17.2. The number of aryl methyl sites for hydroxylation is 1. The molecule has 2 aromatic carbocycles. The summed E-state index contributed by atoms with van der Waals surface area (Å²) >= 11 is 3.44. The first-order valence-electron chi connectivity index (χ1n) is 8.02. The van der Waals surface area contributed by atoms with E-state index in [4.69, 9.17) is 0 Å². The number of carbonyl (C=O) groups excluding carboxylic acids is 1. The Morgan fingerprint density at radius 2 is 1.88 bits per heavy atom. The summed E-state index contributed by atoms with van der Waals surface area (Å²) in [7, 11) is 0. The molecule has 5 heteroatoms. The van der Waals surface area contributed by atoms with Crippen molar-refractivity contribution in [3.05, 3.63) is 82.6 Å². The molecule has 0 aliphatic carbocycles. The van der Waals surface area contributed by atoms with Crippen LogP contribution in [0.3, 0.4) is 0 Å². The number of para-hydroxylation sites is 1. The van der Waals surface area contributed by atoms with Crippen molar-refractivity contribution < 1.29 is 4.79 Å². The van der Waals surface area contributed by atoms with Crippen molar-refractivity contribution >= 4 is 38.9 Å². The first-order valence-corrected chi connectivity index (χ1v) is 8.82. The largest absolute Gasteiger partial charge is 0.354 e. The normalized spacial score (nSPS) is 10.3. The van der Waals surface area contributed by atoms with Crippen molar-refractivity contribution in [3.63, 3.8) is 0 Å². The summed E-state index contributed by atoms with van der Waals surface area (Å²) < 4.78 is 0.982. The highest BCUT2D eigenvalue weighted by Crippen LogP contribution is 2.21. The van der Waals surface area contributed by atoms with Gasteiger partial charge in [-0.2, -0.15) is 0 Å². The van der Waals surface area contributed by atoms with E-state index in [1.54, 1.807) is 18.5 Å². The molecule has 0 unspecified atom stereocenters. The van der Waals surface area contributed by atoms with Crippen LogP contribution in [0, 0.1) is 0 Å². The Labute approximate surface area is 155 Å². The van der Waals surface area contributed by atoms with Crippen LogP contribution in [0.5, 0.6) is 0 Å². The lowest BCUT2D eigenvalue weighted by Gasteiger charge is -2.11. The summed E-state index contributed by atoms with van der Waals surface area (Å²) in [6.45, 7) is 2.06. The topological polar surface area (TPSA) is 54.0 Å². The van der Waals surface area contributed by atoms with Crippen LogP contribution in [0.15, 0.2) is 71.5 Å². The maximum atomic E-state index is 12.6. The number of hydrogen-bond donors (Lipinski definition) is 2. The molecule has 0 aliphatic heterocycles. The van der Waals surface area contributed by atoms with E-state index in [0.717, 1.165) is 33.5 Å². The van der Waals surface area contributed by atoms with Gasteiger partial charge in [-0.15, -0.1) is 0 Å². The van der Waals surface area contributed by atoms with Crippen LogP contribution >= 0.6 is 15.9 Å². The van der Waals surface area contributed by atoms with Crippen LogP contribution in [0.2, 0.25) is 0 Å². The van der Waals surface area contributed by atoms with Crippen LogP contribution in [0.4, 0.5) is 17.1 Å². The minimum Gasteiger partial charge on any atom is -0.354 e.